The van der Waals surface area contributed by atoms with Crippen molar-refractivity contribution in [3.8, 4) is 5.75 Å². The van der Waals surface area contributed by atoms with Crippen molar-refractivity contribution in [2.45, 2.75) is 117 Å². The van der Waals surface area contributed by atoms with Gasteiger partial charge in [-0.05, 0) is 65.2 Å². The molecule has 1 aromatic carbocycles. The number of phenolic OH excluding ortho intramolecular Hbond substituents is 1. The van der Waals surface area contributed by atoms with E-state index in [-0.39, 0.29) is 23.6 Å². The fraction of sp³-hybridized carbons (Fsp3) is 0.679. The molecule has 0 aliphatic carbocycles. The van der Waals surface area contributed by atoms with Crippen LogP contribution in [0.15, 0.2) is 24.3 Å². The zero-order valence-corrected chi connectivity index (χ0v) is 23.2. The van der Waals surface area contributed by atoms with Crippen LogP contribution in [0.2, 0.25) is 0 Å². The molecule has 36 heavy (non-hydrogen) atoms. The molecule has 8 nitrogen and oxygen atoms in total. The van der Waals surface area contributed by atoms with Crippen LogP contribution in [0.3, 0.4) is 0 Å². The molecule has 1 aromatic rings. The summed E-state index contributed by atoms with van der Waals surface area (Å²) in [6.45, 7) is 13.3. The molecule has 3 atom stereocenters. The van der Waals surface area contributed by atoms with Crippen LogP contribution in [0.1, 0.15) is 105 Å². The topological polar surface area (TPSA) is 108 Å². The summed E-state index contributed by atoms with van der Waals surface area (Å²) in [4.78, 5) is 41.1. The molecule has 0 aliphatic rings. The molecule has 0 aromatic heterocycles. The van der Waals surface area contributed by atoms with Crippen LogP contribution in [-0.4, -0.2) is 52.1 Å². The highest BCUT2D eigenvalue weighted by Crippen LogP contribution is 2.26. The van der Waals surface area contributed by atoms with Gasteiger partial charge in [-0.3, -0.25) is 9.59 Å². The number of phenols is 1. The van der Waals surface area contributed by atoms with Gasteiger partial charge in [-0.15, -0.1) is 0 Å². The number of benzene rings is 1. The van der Waals surface area contributed by atoms with Gasteiger partial charge in [-0.1, -0.05) is 58.1 Å². The van der Waals surface area contributed by atoms with Crippen molar-refractivity contribution < 1.29 is 24.2 Å². The van der Waals surface area contributed by atoms with E-state index in [1.165, 1.54) is 17.0 Å². The minimum Gasteiger partial charge on any atom is -0.508 e. The van der Waals surface area contributed by atoms with Gasteiger partial charge in [0.25, 0.3) is 0 Å². The average Bonchev–Trinajstić information content (AvgIpc) is 2.76. The predicted octanol–water partition coefficient (Wildman–Crippen LogP) is 5.45. The maximum Gasteiger partial charge on any atom is 0.408 e. The van der Waals surface area contributed by atoms with Crippen LogP contribution in [0.25, 0.3) is 0 Å². The second kappa shape index (κ2) is 15.4. The fourth-order valence-corrected chi connectivity index (χ4v) is 4.04. The van der Waals surface area contributed by atoms with Crippen LogP contribution < -0.4 is 10.6 Å². The summed E-state index contributed by atoms with van der Waals surface area (Å²) < 4.78 is 5.32. The van der Waals surface area contributed by atoms with Gasteiger partial charge < -0.3 is 25.4 Å². The number of nitrogens with one attached hydrogen (secondary N) is 2. The van der Waals surface area contributed by atoms with E-state index < -0.39 is 23.8 Å². The molecule has 3 unspecified atom stereocenters. The summed E-state index contributed by atoms with van der Waals surface area (Å²) in [5.74, 6) is -0.682. The summed E-state index contributed by atoms with van der Waals surface area (Å²) in [7, 11) is 0. The Balaban J connectivity index is 3.29. The molecule has 0 saturated carbocycles. The molecule has 0 radical (unpaired) electrons. The summed E-state index contributed by atoms with van der Waals surface area (Å²) >= 11 is 0. The van der Waals surface area contributed by atoms with Crippen molar-refractivity contribution in [3.05, 3.63) is 29.8 Å². The van der Waals surface area contributed by atoms with Crippen LogP contribution in [0.5, 0.6) is 5.75 Å². The number of hydrogen-bond donors (Lipinski definition) is 3. The first kappa shape index (κ1) is 31.3. The number of carbonyl (C=O) groups excluding carboxylic acids is 3. The number of ether oxygens (including phenoxy) is 1. The average molecular weight is 506 g/mol. The van der Waals surface area contributed by atoms with Crippen LogP contribution in [-0.2, 0) is 14.3 Å². The molecule has 1 rings (SSSR count). The predicted molar refractivity (Wildman–Crippen MR) is 143 cm³/mol. The Hall–Kier alpha value is -2.77. The van der Waals surface area contributed by atoms with Crippen molar-refractivity contribution in [1.29, 1.82) is 0 Å². The van der Waals surface area contributed by atoms with Crippen LogP contribution in [0, 0.1) is 0 Å². The third-order valence-electron chi connectivity index (χ3n) is 5.75. The third-order valence-corrected chi connectivity index (χ3v) is 5.75. The number of rotatable bonds is 14. The Morgan fingerprint density at radius 2 is 1.67 bits per heavy atom. The smallest absolute Gasteiger partial charge is 0.408 e. The number of aromatic hydroxyl groups is 1. The Bertz CT molecular complexity index is 837. The second-order valence-corrected chi connectivity index (χ2v) is 10.5. The molecule has 8 heteroatoms. The minimum atomic E-state index is -0.946. The highest BCUT2D eigenvalue weighted by molar-refractivity contribution is 5.92. The van der Waals surface area contributed by atoms with Crippen LogP contribution in [0.4, 0.5) is 4.79 Å². The molecule has 0 aliphatic heterocycles. The Morgan fingerprint density at radius 1 is 1.00 bits per heavy atom. The summed E-state index contributed by atoms with van der Waals surface area (Å²) in [6.07, 6.45) is 5.92. The van der Waals surface area contributed by atoms with E-state index in [0.29, 0.717) is 12.1 Å². The van der Waals surface area contributed by atoms with E-state index in [4.69, 9.17) is 4.74 Å². The van der Waals surface area contributed by atoms with Gasteiger partial charge in [-0.2, -0.15) is 0 Å². The van der Waals surface area contributed by atoms with Crippen molar-refractivity contribution >= 4 is 17.9 Å². The quantitative estimate of drug-likeness (QED) is 0.291. The van der Waals surface area contributed by atoms with Gasteiger partial charge in [0.2, 0.25) is 11.8 Å². The summed E-state index contributed by atoms with van der Waals surface area (Å²) in [5.41, 5.74) is -0.187. The van der Waals surface area contributed by atoms with Gasteiger partial charge in [0, 0.05) is 12.6 Å². The zero-order chi connectivity index (χ0) is 27.3. The number of amides is 3. The van der Waals surface area contributed by atoms with Crippen molar-refractivity contribution in [1.82, 2.24) is 15.5 Å². The largest absolute Gasteiger partial charge is 0.508 e. The monoisotopic (exact) mass is 505 g/mol. The van der Waals surface area contributed by atoms with Crippen molar-refractivity contribution in [2.24, 2.45) is 0 Å². The van der Waals surface area contributed by atoms with E-state index in [2.05, 4.69) is 17.6 Å². The maximum absolute atomic E-state index is 13.7. The fourth-order valence-electron chi connectivity index (χ4n) is 4.04. The van der Waals surface area contributed by atoms with Gasteiger partial charge in [0.1, 0.15) is 23.4 Å². The normalized spacial score (nSPS) is 13.9. The molecule has 3 amide bonds. The number of unbranched alkanes of at least 4 members (excludes halogenated alkanes) is 4. The van der Waals surface area contributed by atoms with Crippen LogP contribution >= 0.6 is 0 Å². The van der Waals surface area contributed by atoms with E-state index in [1.807, 2.05) is 13.8 Å². The Kier molecular flexibility index (Phi) is 13.3. The number of alkyl carbamates (subject to hydrolysis) is 1. The molecule has 0 bridgehead atoms. The van der Waals surface area contributed by atoms with Gasteiger partial charge in [0.05, 0.1) is 0 Å². The number of nitrogens with zero attached hydrogens (tertiary/aromatic N) is 1. The van der Waals surface area contributed by atoms with Gasteiger partial charge >= 0.3 is 6.09 Å². The van der Waals surface area contributed by atoms with Gasteiger partial charge in [0.15, 0.2) is 0 Å². The third kappa shape index (κ3) is 11.3. The van der Waals surface area contributed by atoms with E-state index >= 15 is 0 Å². The Morgan fingerprint density at radius 3 is 2.25 bits per heavy atom. The standard InChI is InChI=1S/C28H47N3O5/c1-8-10-11-12-13-18-31(26(34)21(4)30-27(35)36-28(5,6)7)24(22-16-14-17-23(32)19-22)25(33)29-20(3)15-9-2/h14,16-17,19-21,24,32H,8-13,15,18H2,1-7H3,(H,29,33)(H,30,35). The summed E-state index contributed by atoms with van der Waals surface area (Å²) in [6, 6.07) is 4.51. The first-order valence-corrected chi connectivity index (χ1v) is 13.3. The van der Waals surface area contributed by atoms with E-state index in [0.717, 1.165) is 44.9 Å². The lowest BCUT2D eigenvalue weighted by atomic mass is 10.0. The lowest BCUT2D eigenvalue weighted by molar-refractivity contribution is -0.142. The molecule has 0 saturated heterocycles. The number of hydrogen-bond acceptors (Lipinski definition) is 5. The Labute approximate surface area is 217 Å². The molecule has 3 N–H and O–H groups in total. The molecule has 0 spiro atoms. The SMILES string of the molecule is CCCCCCCN(C(=O)C(C)NC(=O)OC(C)(C)C)C(C(=O)NC(C)CCC)c1cccc(O)c1. The zero-order valence-electron chi connectivity index (χ0n) is 23.2. The van der Waals surface area contributed by atoms with E-state index in [9.17, 15) is 19.5 Å². The molecule has 0 heterocycles. The highest BCUT2D eigenvalue weighted by atomic mass is 16.6. The molecule has 0 fully saturated rings. The molecule has 204 valence electrons. The lowest BCUT2D eigenvalue weighted by Gasteiger charge is -2.34. The maximum atomic E-state index is 13.7. The van der Waals surface area contributed by atoms with Crippen molar-refractivity contribution in [2.75, 3.05) is 6.54 Å². The first-order valence-electron chi connectivity index (χ1n) is 13.3. The highest BCUT2D eigenvalue weighted by Gasteiger charge is 2.35. The molecular weight excluding hydrogens is 458 g/mol. The molecular formula is C28H47N3O5. The van der Waals surface area contributed by atoms with Crippen molar-refractivity contribution in [3.63, 3.8) is 0 Å². The van der Waals surface area contributed by atoms with Gasteiger partial charge in [-0.25, -0.2) is 4.79 Å². The lowest BCUT2D eigenvalue weighted by Crippen LogP contribution is -2.52. The second-order valence-electron chi connectivity index (χ2n) is 10.5. The summed E-state index contributed by atoms with van der Waals surface area (Å²) in [5, 5.41) is 15.8. The van der Waals surface area contributed by atoms with E-state index in [1.54, 1.807) is 39.8 Å². The first-order chi connectivity index (χ1) is 16.9. The number of carbonyl (C=O) groups is 3. The minimum absolute atomic E-state index is 0.0159.